The van der Waals surface area contributed by atoms with E-state index in [1.165, 1.54) is 6.07 Å². The molecule has 1 aliphatic rings. The highest BCUT2D eigenvalue weighted by Gasteiger charge is 2.30. The largest absolute Gasteiger partial charge is 0.334 e. The summed E-state index contributed by atoms with van der Waals surface area (Å²) < 4.78 is 0. The zero-order valence-corrected chi connectivity index (χ0v) is 15.0. The number of carbonyl (C=O) groups is 1. The lowest BCUT2D eigenvalue weighted by Crippen LogP contribution is -2.42. The van der Waals surface area contributed by atoms with Crippen LogP contribution in [0.1, 0.15) is 56.5 Å². The number of nitrogens with one attached hydrogen (secondary N) is 1. The van der Waals surface area contributed by atoms with Gasteiger partial charge in [0.2, 0.25) is 0 Å². The zero-order chi connectivity index (χ0) is 17.9. The molecule has 1 aliphatic heterocycles. The molecule has 0 aliphatic carbocycles. The number of nitro benzene ring substituents is 1. The summed E-state index contributed by atoms with van der Waals surface area (Å²) in [5, 5.41) is 14.7. The van der Waals surface area contributed by atoms with Crippen molar-refractivity contribution >= 4 is 11.6 Å². The molecule has 0 aromatic heterocycles. The molecule has 0 bridgehead atoms. The minimum Gasteiger partial charge on any atom is -0.334 e. The van der Waals surface area contributed by atoms with Gasteiger partial charge in [-0.15, -0.1) is 0 Å². The van der Waals surface area contributed by atoms with E-state index >= 15 is 0 Å². The molecule has 1 atom stereocenters. The molecule has 0 radical (unpaired) electrons. The zero-order valence-electron chi connectivity index (χ0n) is 15.0. The second-order valence-corrected chi connectivity index (χ2v) is 7.38. The molecule has 24 heavy (non-hydrogen) atoms. The second kappa shape index (κ2) is 7.30. The molecule has 1 unspecified atom stereocenters. The number of carbonyl (C=O) groups excluding carboxylic acids is 1. The first kappa shape index (κ1) is 18.4. The molecular weight excluding hydrogens is 306 g/mol. The molecule has 1 aromatic rings. The van der Waals surface area contributed by atoms with E-state index in [2.05, 4.69) is 5.32 Å². The van der Waals surface area contributed by atoms with Crippen LogP contribution < -0.4 is 5.32 Å². The molecular formula is C18H27N3O3. The van der Waals surface area contributed by atoms with E-state index < -0.39 is 4.92 Å². The van der Waals surface area contributed by atoms with E-state index in [9.17, 15) is 14.9 Å². The van der Waals surface area contributed by atoms with Gasteiger partial charge in [-0.1, -0.05) is 33.8 Å². The molecule has 132 valence electrons. The van der Waals surface area contributed by atoms with Gasteiger partial charge in [-0.2, -0.15) is 0 Å². The fourth-order valence-corrected chi connectivity index (χ4v) is 3.21. The van der Waals surface area contributed by atoms with Crippen LogP contribution in [0.25, 0.3) is 0 Å². The Morgan fingerprint density at radius 3 is 2.62 bits per heavy atom. The van der Waals surface area contributed by atoms with Gasteiger partial charge in [0.05, 0.1) is 4.92 Å². The number of hydrogen-bond donors (Lipinski definition) is 1. The molecule has 6 heteroatoms. The van der Waals surface area contributed by atoms with Crippen molar-refractivity contribution in [3.63, 3.8) is 0 Å². The fraction of sp³-hybridized carbons (Fsp3) is 0.611. The minimum atomic E-state index is -0.390. The molecule has 1 N–H and O–H groups in total. The average Bonchev–Trinajstić information content (AvgIpc) is 3.04. The van der Waals surface area contributed by atoms with Crippen molar-refractivity contribution in [1.29, 1.82) is 0 Å². The summed E-state index contributed by atoms with van der Waals surface area (Å²) in [5.74, 6) is -0.117. The molecule has 0 saturated carbocycles. The Kier molecular flexibility index (Phi) is 5.59. The van der Waals surface area contributed by atoms with Crippen LogP contribution in [0.3, 0.4) is 0 Å². The van der Waals surface area contributed by atoms with Crippen molar-refractivity contribution in [1.82, 2.24) is 10.2 Å². The Morgan fingerprint density at radius 2 is 2.12 bits per heavy atom. The molecule has 6 nitrogen and oxygen atoms in total. The molecule has 2 rings (SSSR count). The first-order valence-electron chi connectivity index (χ1n) is 8.56. The van der Waals surface area contributed by atoms with Crippen molar-refractivity contribution in [2.75, 3.05) is 19.6 Å². The van der Waals surface area contributed by atoms with Crippen LogP contribution in [0.15, 0.2) is 18.2 Å². The number of benzene rings is 1. The number of amides is 1. The third-order valence-electron chi connectivity index (χ3n) is 4.45. The highest BCUT2D eigenvalue weighted by Crippen LogP contribution is 2.32. The Labute approximate surface area is 143 Å². The lowest BCUT2D eigenvalue weighted by molar-refractivity contribution is -0.386. The maximum Gasteiger partial charge on any atom is 0.273 e. The SMILES string of the molecule is CCCN(C(=O)c1ccc(C(C)(C)C)c([N+](=O)[O-])c1)C1CCNC1. The lowest BCUT2D eigenvalue weighted by atomic mass is 9.85. The normalized spacial score (nSPS) is 17.8. The summed E-state index contributed by atoms with van der Waals surface area (Å²) in [6.07, 6.45) is 1.79. The van der Waals surface area contributed by atoms with Gasteiger partial charge in [0, 0.05) is 36.3 Å². The summed E-state index contributed by atoms with van der Waals surface area (Å²) in [7, 11) is 0. The first-order valence-corrected chi connectivity index (χ1v) is 8.56. The summed E-state index contributed by atoms with van der Waals surface area (Å²) >= 11 is 0. The smallest absolute Gasteiger partial charge is 0.273 e. The number of rotatable bonds is 5. The Morgan fingerprint density at radius 1 is 1.42 bits per heavy atom. The van der Waals surface area contributed by atoms with Crippen molar-refractivity contribution in [3.05, 3.63) is 39.4 Å². The highest BCUT2D eigenvalue weighted by atomic mass is 16.6. The standard InChI is InChI=1S/C18H27N3O3/c1-5-10-20(14-8-9-19-12-14)17(22)13-6-7-15(18(2,3)4)16(11-13)21(23)24/h6-7,11,14,19H,5,8-10,12H2,1-4H3. The quantitative estimate of drug-likeness (QED) is 0.663. The van der Waals surface area contributed by atoms with E-state index in [1.807, 2.05) is 32.6 Å². The van der Waals surface area contributed by atoms with Crippen molar-refractivity contribution < 1.29 is 9.72 Å². The third kappa shape index (κ3) is 3.93. The molecule has 1 fully saturated rings. The van der Waals surface area contributed by atoms with Crippen molar-refractivity contribution in [3.8, 4) is 0 Å². The number of nitrogens with zero attached hydrogens (tertiary/aromatic N) is 2. The summed E-state index contributed by atoms with van der Waals surface area (Å²) in [6.45, 7) is 10.2. The van der Waals surface area contributed by atoms with Gasteiger partial charge in [0.15, 0.2) is 0 Å². The van der Waals surface area contributed by atoms with E-state index in [4.69, 9.17) is 0 Å². The van der Waals surface area contributed by atoms with Crippen LogP contribution in [-0.2, 0) is 5.41 Å². The molecule has 1 heterocycles. The number of hydrogen-bond acceptors (Lipinski definition) is 4. The van der Waals surface area contributed by atoms with Crippen molar-refractivity contribution in [2.24, 2.45) is 0 Å². The van der Waals surface area contributed by atoms with Crippen LogP contribution in [-0.4, -0.2) is 41.4 Å². The molecule has 1 amide bonds. The minimum absolute atomic E-state index is 0.0225. The number of nitro groups is 1. The van der Waals surface area contributed by atoms with Gasteiger partial charge in [-0.05, 0) is 30.9 Å². The fourth-order valence-electron chi connectivity index (χ4n) is 3.21. The first-order chi connectivity index (χ1) is 11.3. The van der Waals surface area contributed by atoms with Crippen molar-refractivity contribution in [2.45, 2.75) is 52.0 Å². The maximum atomic E-state index is 12.9. The van der Waals surface area contributed by atoms with E-state index in [0.29, 0.717) is 17.7 Å². The Balaban J connectivity index is 2.37. The third-order valence-corrected chi connectivity index (χ3v) is 4.45. The van der Waals surface area contributed by atoms with Gasteiger partial charge >= 0.3 is 0 Å². The lowest BCUT2D eigenvalue weighted by Gasteiger charge is -2.28. The predicted octanol–water partition coefficient (Wildman–Crippen LogP) is 3.11. The highest BCUT2D eigenvalue weighted by molar-refractivity contribution is 5.95. The maximum absolute atomic E-state index is 12.9. The van der Waals surface area contributed by atoms with Gasteiger partial charge in [0.25, 0.3) is 11.6 Å². The summed E-state index contributed by atoms with van der Waals surface area (Å²) in [4.78, 5) is 25.9. The molecule has 1 saturated heterocycles. The van der Waals surface area contributed by atoms with Crippen LogP contribution >= 0.6 is 0 Å². The van der Waals surface area contributed by atoms with Crippen LogP contribution in [0.2, 0.25) is 0 Å². The Hall–Kier alpha value is -1.95. The van der Waals surface area contributed by atoms with Crippen LogP contribution in [0.5, 0.6) is 0 Å². The molecule has 0 spiro atoms. The van der Waals surface area contributed by atoms with Gasteiger partial charge in [-0.3, -0.25) is 14.9 Å². The second-order valence-electron chi connectivity index (χ2n) is 7.38. The monoisotopic (exact) mass is 333 g/mol. The Bertz CT molecular complexity index is 616. The van der Waals surface area contributed by atoms with Crippen LogP contribution in [0, 0.1) is 10.1 Å². The van der Waals surface area contributed by atoms with E-state index in [1.54, 1.807) is 12.1 Å². The van der Waals surface area contributed by atoms with E-state index in [-0.39, 0.29) is 23.1 Å². The predicted molar refractivity (Wildman–Crippen MR) is 94.4 cm³/mol. The molecule has 1 aromatic carbocycles. The average molecular weight is 333 g/mol. The van der Waals surface area contributed by atoms with Gasteiger partial charge in [-0.25, -0.2) is 0 Å². The van der Waals surface area contributed by atoms with E-state index in [0.717, 1.165) is 25.9 Å². The summed E-state index contributed by atoms with van der Waals surface area (Å²) in [6, 6.07) is 5.05. The van der Waals surface area contributed by atoms with Gasteiger partial charge in [0.1, 0.15) is 0 Å². The topological polar surface area (TPSA) is 75.5 Å². The van der Waals surface area contributed by atoms with Crippen LogP contribution in [0.4, 0.5) is 5.69 Å². The van der Waals surface area contributed by atoms with Gasteiger partial charge < -0.3 is 10.2 Å². The summed E-state index contributed by atoms with van der Waals surface area (Å²) in [5.41, 5.74) is 0.723.